The van der Waals surface area contributed by atoms with E-state index in [0.717, 1.165) is 24.1 Å². The number of nitrogens with one attached hydrogen (secondary N) is 1. The van der Waals surface area contributed by atoms with Crippen molar-refractivity contribution in [1.82, 2.24) is 5.32 Å². The second-order valence-electron chi connectivity index (χ2n) is 5.51. The van der Waals surface area contributed by atoms with E-state index in [4.69, 9.17) is 0 Å². The van der Waals surface area contributed by atoms with Crippen LogP contribution < -0.4 is 5.32 Å². The minimum Gasteiger partial charge on any atom is -0.508 e. The van der Waals surface area contributed by atoms with Gasteiger partial charge in [-0.05, 0) is 50.1 Å². The van der Waals surface area contributed by atoms with E-state index >= 15 is 0 Å². The van der Waals surface area contributed by atoms with Crippen LogP contribution in [0.4, 0.5) is 0 Å². The molecule has 112 valence electrons. The van der Waals surface area contributed by atoms with Crippen LogP contribution in [0, 0.1) is 6.92 Å². The van der Waals surface area contributed by atoms with Gasteiger partial charge < -0.3 is 15.5 Å². The van der Waals surface area contributed by atoms with Gasteiger partial charge in [0.25, 0.3) is 0 Å². The van der Waals surface area contributed by atoms with Crippen LogP contribution in [0.3, 0.4) is 0 Å². The van der Waals surface area contributed by atoms with E-state index in [1.165, 1.54) is 5.56 Å². The van der Waals surface area contributed by atoms with Gasteiger partial charge in [-0.2, -0.15) is 0 Å². The highest BCUT2D eigenvalue weighted by molar-refractivity contribution is 5.26. The summed E-state index contributed by atoms with van der Waals surface area (Å²) < 4.78 is 0. The standard InChI is InChI=1S/C18H23NO2/c1-13-3-7-16(8-4-13)18(21)14(2)19-12-11-15-5-9-17(20)10-6-15/h3-10,14,18-21H,11-12H2,1-2H3. The van der Waals surface area contributed by atoms with Gasteiger partial charge in [0.05, 0.1) is 6.10 Å². The molecule has 0 aliphatic heterocycles. The quantitative estimate of drug-likeness (QED) is 0.765. The molecule has 0 amide bonds. The van der Waals surface area contributed by atoms with Crippen molar-refractivity contribution in [2.45, 2.75) is 32.4 Å². The Morgan fingerprint density at radius 3 is 2.24 bits per heavy atom. The average Bonchev–Trinajstić information content (AvgIpc) is 2.49. The highest BCUT2D eigenvalue weighted by Gasteiger charge is 2.15. The maximum Gasteiger partial charge on any atom is 0.115 e. The monoisotopic (exact) mass is 285 g/mol. The maximum absolute atomic E-state index is 10.3. The Balaban J connectivity index is 1.82. The molecule has 3 N–H and O–H groups in total. The summed E-state index contributed by atoms with van der Waals surface area (Å²) in [4.78, 5) is 0. The second-order valence-corrected chi connectivity index (χ2v) is 5.51. The second kappa shape index (κ2) is 7.25. The summed E-state index contributed by atoms with van der Waals surface area (Å²) in [5.41, 5.74) is 3.29. The predicted octanol–water partition coefficient (Wildman–Crippen LogP) is 2.95. The van der Waals surface area contributed by atoms with Crippen molar-refractivity contribution < 1.29 is 10.2 Å². The molecule has 0 aliphatic carbocycles. The Bertz CT molecular complexity index is 548. The van der Waals surface area contributed by atoms with Crippen LogP contribution >= 0.6 is 0 Å². The van der Waals surface area contributed by atoms with Crippen LogP contribution in [0.15, 0.2) is 48.5 Å². The molecule has 2 atom stereocenters. The van der Waals surface area contributed by atoms with Gasteiger partial charge in [-0.3, -0.25) is 0 Å². The van der Waals surface area contributed by atoms with Crippen molar-refractivity contribution in [2.24, 2.45) is 0 Å². The molecule has 3 heteroatoms. The van der Waals surface area contributed by atoms with Gasteiger partial charge in [-0.1, -0.05) is 42.0 Å². The van der Waals surface area contributed by atoms with Crippen molar-refractivity contribution in [2.75, 3.05) is 6.54 Å². The predicted molar refractivity (Wildman–Crippen MR) is 85.4 cm³/mol. The molecular formula is C18H23NO2. The first-order valence-corrected chi connectivity index (χ1v) is 7.32. The zero-order valence-electron chi connectivity index (χ0n) is 12.6. The summed E-state index contributed by atoms with van der Waals surface area (Å²) in [6.45, 7) is 4.81. The van der Waals surface area contributed by atoms with Crippen LogP contribution in [-0.4, -0.2) is 22.8 Å². The lowest BCUT2D eigenvalue weighted by Crippen LogP contribution is -2.33. The van der Waals surface area contributed by atoms with Crippen molar-refractivity contribution in [3.05, 3.63) is 65.2 Å². The van der Waals surface area contributed by atoms with E-state index < -0.39 is 6.10 Å². The van der Waals surface area contributed by atoms with Crippen LogP contribution in [0.1, 0.15) is 29.7 Å². The molecule has 0 fully saturated rings. The molecule has 21 heavy (non-hydrogen) atoms. The van der Waals surface area contributed by atoms with Gasteiger partial charge in [0, 0.05) is 6.04 Å². The van der Waals surface area contributed by atoms with E-state index in [0.29, 0.717) is 0 Å². The highest BCUT2D eigenvalue weighted by atomic mass is 16.3. The number of phenols is 1. The molecule has 0 saturated heterocycles. The lowest BCUT2D eigenvalue weighted by Gasteiger charge is -2.21. The molecule has 0 aliphatic rings. The third-order valence-corrected chi connectivity index (χ3v) is 3.71. The van der Waals surface area contributed by atoms with Crippen molar-refractivity contribution in [1.29, 1.82) is 0 Å². The van der Waals surface area contributed by atoms with Gasteiger partial charge in [0.2, 0.25) is 0 Å². The first kappa shape index (κ1) is 15.5. The number of aromatic hydroxyl groups is 1. The number of aryl methyl sites for hydroxylation is 1. The summed E-state index contributed by atoms with van der Waals surface area (Å²) in [7, 11) is 0. The minimum absolute atomic E-state index is 0.00942. The summed E-state index contributed by atoms with van der Waals surface area (Å²) in [6.07, 6.45) is 0.357. The molecule has 0 heterocycles. The fourth-order valence-corrected chi connectivity index (χ4v) is 2.27. The fraction of sp³-hybridized carbons (Fsp3) is 0.333. The third-order valence-electron chi connectivity index (χ3n) is 3.71. The Morgan fingerprint density at radius 1 is 1.00 bits per heavy atom. The third kappa shape index (κ3) is 4.59. The molecular weight excluding hydrogens is 262 g/mol. The summed E-state index contributed by atoms with van der Waals surface area (Å²) in [5.74, 6) is 0.287. The van der Waals surface area contributed by atoms with Crippen molar-refractivity contribution >= 4 is 0 Å². The van der Waals surface area contributed by atoms with Crippen molar-refractivity contribution in [3.63, 3.8) is 0 Å². The molecule has 0 radical (unpaired) electrons. The molecule has 2 aromatic carbocycles. The number of phenolic OH excluding ortho intramolecular Hbond substituents is 1. The van der Waals surface area contributed by atoms with E-state index in [1.807, 2.05) is 50.2 Å². The smallest absolute Gasteiger partial charge is 0.115 e. The summed E-state index contributed by atoms with van der Waals surface area (Å²) >= 11 is 0. The normalized spacial score (nSPS) is 13.9. The molecule has 2 aromatic rings. The first-order valence-electron chi connectivity index (χ1n) is 7.32. The zero-order chi connectivity index (χ0) is 15.2. The number of rotatable bonds is 6. The minimum atomic E-state index is -0.509. The molecule has 0 spiro atoms. The first-order chi connectivity index (χ1) is 10.1. The van der Waals surface area contributed by atoms with Gasteiger partial charge >= 0.3 is 0 Å². The summed E-state index contributed by atoms with van der Waals surface area (Å²) in [6, 6.07) is 15.2. The zero-order valence-corrected chi connectivity index (χ0v) is 12.6. The van der Waals surface area contributed by atoms with Crippen molar-refractivity contribution in [3.8, 4) is 5.75 Å². The number of aliphatic hydroxyl groups is 1. The molecule has 0 bridgehead atoms. The number of hydrogen-bond donors (Lipinski definition) is 3. The molecule has 2 rings (SSSR count). The molecule has 0 aromatic heterocycles. The van der Waals surface area contributed by atoms with Gasteiger partial charge in [-0.15, -0.1) is 0 Å². The van der Waals surface area contributed by atoms with Crippen LogP contribution in [0.2, 0.25) is 0 Å². The number of benzene rings is 2. The van der Waals surface area contributed by atoms with E-state index in [-0.39, 0.29) is 11.8 Å². The van der Waals surface area contributed by atoms with E-state index in [9.17, 15) is 10.2 Å². The fourth-order valence-electron chi connectivity index (χ4n) is 2.27. The highest BCUT2D eigenvalue weighted by Crippen LogP contribution is 2.17. The lowest BCUT2D eigenvalue weighted by atomic mass is 10.0. The maximum atomic E-state index is 10.3. The Hall–Kier alpha value is -1.84. The number of hydrogen-bond acceptors (Lipinski definition) is 3. The van der Waals surface area contributed by atoms with Crippen LogP contribution in [-0.2, 0) is 6.42 Å². The lowest BCUT2D eigenvalue weighted by molar-refractivity contribution is 0.136. The molecule has 3 nitrogen and oxygen atoms in total. The van der Waals surface area contributed by atoms with E-state index in [1.54, 1.807) is 12.1 Å². The molecule has 0 saturated carbocycles. The van der Waals surface area contributed by atoms with Gasteiger partial charge in [0.1, 0.15) is 5.75 Å². The van der Waals surface area contributed by atoms with Crippen LogP contribution in [0.5, 0.6) is 5.75 Å². The average molecular weight is 285 g/mol. The SMILES string of the molecule is Cc1ccc(C(O)C(C)NCCc2ccc(O)cc2)cc1. The summed E-state index contributed by atoms with van der Waals surface area (Å²) in [5, 5.41) is 22.9. The number of aliphatic hydroxyl groups excluding tert-OH is 1. The van der Waals surface area contributed by atoms with E-state index in [2.05, 4.69) is 5.32 Å². The Morgan fingerprint density at radius 2 is 1.62 bits per heavy atom. The van der Waals surface area contributed by atoms with Gasteiger partial charge in [0.15, 0.2) is 0 Å². The largest absolute Gasteiger partial charge is 0.508 e. The Labute approximate surface area is 126 Å². The Kier molecular flexibility index (Phi) is 5.37. The topological polar surface area (TPSA) is 52.5 Å². The van der Waals surface area contributed by atoms with Crippen LogP contribution in [0.25, 0.3) is 0 Å². The van der Waals surface area contributed by atoms with Gasteiger partial charge in [-0.25, -0.2) is 0 Å². The molecule has 2 unspecified atom stereocenters.